The van der Waals surface area contributed by atoms with Gasteiger partial charge in [0.05, 0.1) is 0 Å². The summed E-state index contributed by atoms with van der Waals surface area (Å²) in [7, 11) is 0. The third-order valence-electron chi connectivity index (χ3n) is 0. The molecule has 0 bridgehead atoms. The molecule has 7 heavy (non-hydrogen) atoms. The molecule has 0 unspecified atom stereocenters. The first-order chi connectivity index (χ1) is 1.73. The van der Waals surface area contributed by atoms with E-state index in [0.717, 1.165) is 0 Å². The van der Waals surface area contributed by atoms with Crippen LogP contribution in [0.25, 0.3) is 0 Å². The van der Waals surface area contributed by atoms with E-state index in [9.17, 15) is 0 Å². The fourth-order valence-electron chi connectivity index (χ4n) is 0. The van der Waals surface area contributed by atoms with E-state index in [4.69, 9.17) is 15.0 Å². The Balaban J connectivity index is -0.00000000450. The van der Waals surface area contributed by atoms with Crippen molar-refractivity contribution in [2.75, 3.05) is 0 Å². The first-order valence-electron chi connectivity index (χ1n) is 0.651. The summed E-state index contributed by atoms with van der Waals surface area (Å²) in [4.78, 5) is 8.56. The zero-order chi connectivity index (χ0) is 3.58. The van der Waals surface area contributed by atoms with Gasteiger partial charge in [-0.3, -0.25) is 0 Å². The smallest absolute Gasteiger partial charge is 1.00 e. The molecule has 0 saturated heterocycles. The molecule has 0 amide bonds. The number of hydrogen-bond acceptors (Lipinski definition) is 1. The number of rotatable bonds is 0. The normalized spacial score (nSPS) is 3.43. The van der Waals surface area contributed by atoms with Gasteiger partial charge in [0.1, 0.15) is 0 Å². The quantitative estimate of drug-likeness (QED) is 0.377. The van der Waals surface area contributed by atoms with Gasteiger partial charge < -0.3 is 13.1 Å². The summed E-state index contributed by atoms with van der Waals surface area (Å²) in [5.41, 5.74) is 0. The Hall–Kier alpha value is 1.75. The molecule has 0 rings (SSSR count). The van der Waals surface area contributed by atoms with Crippen LogP contribution in [0.4, 0.5) is 4.79 Å². The first kappa shape index (κ1) is 23.3. The van der Waals surface area contributed by atoms with Crippen LogP contribution >= 0.6 is 17.0 Å². The van der Waals surface area contributed by atoms with Crippen LogP contribution in [0.15, 0.2) is 0 Å². The molecule has 0 aromatic carbocycles. The molecule has 0 aliphatic carbocycles. The Morgan fingerprint density at radius 2 is 1.29 bits per heavy atom. The van der Waals surface area contributed by atoms with Crippen molar-refractivity contribution >= 4 is 23.1 Å². The molecule has 3 nitrogen and oxygen atoms in total. The van der Waals surface area contributed by atoms with Gasteiger partial charge in [-0.25, -0.2) is 4.79 Å². The van der Waals surface area contributed by atoms with Crippen LogP contribution in [0.2, 0.25) is 0 Å². The molecular formula is CH5BrNa2O3. The van der Waals surface area contributed by atoms with E-state index in [2.05, 4.69) is 0 Å². The third kappa shape index (κ3) is 83.7. The Kier molecular flexibility index (Phi) is 52.1. The Bertz CT molecular complexity index is 42.8. The summed E-state index contributed by atoms with van der Waals surface area (Å²) < 4.78 is 0. The molecule has 0 saturated carbocycles. The van der Waals surface area contributed by atoms with Crippen LogP contribution in [0.1, 0.15) is 2.85 Å². The Morgan fingerprint density at radius 1 is 1.29 bits per heavy atom. The summed E-state index contributed by atoms with van der Waals surface area (Å²) in [6.07, 6.45) is -1.83. The van der Waals surface area contributed by atoms with Gasteiger partial charge in [-0.05, 0) is 0 Å². The van der Waals surface area contributed by atoms with Gasteiger partial charge in [-0.15, -0.1) is 17.0 Å². The van der Waals surface area contributed by atoms with Crippen molar-refractivity contribution in [2.24, 2.45) is 0 Å². The van der Waals surface area contributed by atoms with Crippen molar-refractivity contribution in [1.29, 1.82) is 0 Å². The number of carbonyl (C=O) groups is 1. The molecule has 0 aliphatic heterocycles. The average Bonchev–Trinajstić information content (AvgIpc) is 0.811. The molecule has 0 heterocycles. The summed E-state index contributed by atoms with van der Waals surface area (Å²) >= 11 is 0. The van der Waals surface area contributed by atoms with Crippen LogP contribution in [0, 0.1) is 0 Å². The topological polar surface area (TPSA) is 57.5 Å². The molecule has 0 aromatic heterocycles. The fourth-order valence-corrected chi connectivity index (χ4v) is 0. The molecule has 36 valence electrons. The minimum atomic E-state index is -1.83. The van der Waals surface area contributed by atoms with Crippen LogP contribution in [0.3, 0.4) is 0 Å². The largest absolute Gasteiger partial charge is 1.00 e. The van der Waals surface area contributed by atoms with Crippen molar-refractivity contribution in [1.82, 2.24) is 0 Å². The molecule has 0 fully saturated rings. The molecule has 2 N–H and O–H groups in total. The SMILES string of the molecule is Br.O=C(O)O.[H-].[H-].[Na+].[Na+]. The van der Waals surface area contributed by atoms with Crippen LogP contribution in [0.5, 0.6) is 0 Å². The number of halogens is 1. The summed E-state index contributed by atoms with van der Waals surface area (Å²) in [6, 6.07) is 0. The standard InChI is InChI=1S/CH2O3.BrH.2Na.2H/c2-1(3)4;;;;;/h(H2,2,3,4);1H;;;;/q;;2*+1;2*-1. The molecule has 0 radical (unpaired) electrons. The molecule has 0 aliphatic rings. The van der Waals surface area contributed by atoms with Crippen molar-refractivity contribution in [3.05, 3.63) is 0 Å². The minimum Gasteiger partial charge on any atom is -1.00 e. The second-order valence-electron chi connectivity index (χ2n) is 0.283. The van der Waals surface area contributed by atoms with Gasteiger partial charge in [0.25, 0.3) is 0 Å². The van der Waals surface area contributed by atoms with Crippen molar-refractivity contribution in [3.63, 3.8) is 0 Å². The van der Waals surface area contributed by atoms with E-state index in [1.807, 2.05) is 0 Å². The summed E-state index contributed by atoms with van der Waals surface area (Å²) in [6.45, 7) is 0. The minimum absolute atomic E-state index is 0. The van der Waals surface area contributed by atoms with Gasteiger partial charge in [-0.2, -0.15) is 0 Å². The van der Waals surface area contributed by atoms with Crippen LogP contribution in [-0.4, -0.2) is 16.4 Å². The second kappa shape index (κ2) is 15.7. The second-order valence-corrected chi connectivity index (χ2v) is 0.283. The monoisotopic (exact) mass is 190 g/mol. The maximum absolute atomic E-state index is 8.56. The zero-order valence-electron chi connectivity index (χ0n) is 6.21. The Morgan fingerprint density at radius 3 is 1.29 bits per heavy atom. The van der Waals surface area contributed by atoms with Gasteiger partial charge in [-0.1, -0.05) is 0 Å². The maximum Gasteiger partial charge on any atom is 1.00 e. The predicted octanol–water partition coefficient (Wildman–Crippen LogP) is -4.97. The average molecular weight is 191 g/mol. The molecule has 0 spiro atoms. The molecule has 0 aromatic rings. The van der Waals surface area contributed by atoms with Gasteiger partial charge in [0.15, 0.2) is 0 Å². The maximum atomic E-state index is 8.56. The number of carboxylic acid groups (broad SMARTS) is 2. The third-order valence-corrected chi connectivity index (χ3v) is 0. The van der Waals surface area contributed by atoms with Gasteiger partial charge in [0, 0.05) is 0 Å². The molecule has 6 heteroatoms. The molecule has 0 atom stereocenters. The van der Waals surface area contributed by atoms with E-state index in [1.54, 1.807) is 0 Å². The predicted molar refractivity (Wildman–Crippen MR) is 23.2 cm³/mol. The van der Waals surface area contributed by atoms with Crippen molar-refractivity contribution in [2.45, 2.75) is 0 Å². The molecular weight excluding hydrogens is 186 g/mol. The van der Waals surface area contributed by atoms with E-state index in [-0.39, 0.29) is 78.9 Å². The van der Waals surface area contributed by atoms with E-state index >= 15 is 0 Å². The van der Waals surface area contributed by atoms with Crippen LogP contribution in [-0.2, 0) is 0 Å². The van der Waals surface area contributed by atoms with Crippen molar-refractivity contribution < 1.29 is 77.0 Å². The Labute approximate surface area is 98.8 Å². The van der Waals surface area contributed by atoms with Crippen LogP contribution < -0.4 is 59.1 Å². The first-order valence-corrected chi connectivity index (χ1v) is 0.651. The van der Waals surface area contributed by atoms with E-state index in [1.165, 1.54) is 0 Å². The van der Waals surface area contributed by atoms with Crippen molar-refractivity contribution in [3.8, 4) is 0 Å². The van der Waals surface area contributed by atoms with Gasteiger partial charge in [0.2, 0.25) is 0 Å². The summed E-state index contributed by atoms with van der Waals surface area (Å²) in [5, 5.41) is 13.9. The van der Waals surface area contributed by atoms with Gasteiger partial charge >= 0.3 is 65.3 Å². The number of hydrogen-bond donors (Lipinski definition) is 2. The summed E-state index contributed by atoms with van der Waals surface area (Å²) in [5.74, 6) is 0. The van der Waals surface area contributed by atoms with E-state index < -0.39 is 6.16 Å². The van der Waals surface area contributed by atoms with E-state index in [0.29, 0.717) is 0 Å². The zero-order valence-corrected chi connectivity index (χ0v) is 9.92. The fraction of sp³-hybridized carbons (Fsp3) is 0.